The van der Waals surface area contributed by atoms with E-state index in [-0.39, 0.29) is 17.2 Å². The zero-order chi connectivity index (χ0) is 14.9. The highest BCUT2D eigenvalue weighted by Crippen LogP contribution is 2.39. The summed E-state index contributed by atoms with van der Waals surface area (Å²) in [6, 6.07) is 0. The van der Waals surface area contributed by atoms with Crippen LogP contribution in [0.2, 0.25) is 0 Å². The Morgan fingerprint density at radius 1 is 1.25 bits per heavy atom. The summed E-state index contributed by atoms with van der Waals surface area (Å²) in [6.45, 7) is 1.67. The summed E-state index contributed by atoms with van der Waals surface area (Å²) in [4.78, 5) is 27.7. The Balaban J connectivity index is 2.47. The molecule has 1 aromatic rings. The second kappa shape index (κ2) is 5.92. The van der Waals surface area contributed by atoms with Crippen molar-refractivity contribution in [1.82, 2.24) is 4.90 Å². The predicted molar refractivity (Wildman–Crippen MR) is 84.8 cm³/mol. The normalized spacial score (nSPS) is 15.2. The average Bonchev–Trinajstić information content (AvgIpc) is 2.76. The number of nitrogens with zero attached hydrogens (tertiary/aromatic N) is 2. The summed E-state index contributed by atoms with van der Waals surface area (Å²) in [7, 11) is 3.31. The molecule has 8 heteroatoms. The lowest BCUT2D eigenvalue weighted by Crippen LogP contribution is -2.33. The minimum Gasteiger partial charge on any atom is -0.397 e. The van der Waals surface area contributed by atoms with Crippen molar-refractivity contribution in [3.8, 4) is 0 Å². The maximum Gasteiger partial charge on any atom is 0.265 e. The third kappa shape index (κ3) is 2.71. The van der Waals surface area contributed by atoms with Crippen molar-refractivity contribution in [3.63, 3.8) is 0 Å². The van der Waals surface area contributed by atoms with Crippen molar-refractivity contribution in [2.75, 3.05) is 49.3 Å². The number of carbonyl (C=O) groups excluding carboxylic acids is 2. The fourth-order valence-electron chi connectivity index (χ4n) is 2.02. The highest BCUT2D eigenvalue weighted by molar-refractivity contribution is 7.99. The standard InChI is InChI=1S/C12H18N4O2S2/c1-15(2)11(18)9-8(13)7(10(14)17)12(20-9)16-3-5-19-6-4-16/h3-6,13H2,1-2H3,(H2,14,17). The first-order valence-electron chi connectivity index (χ1n) is 6.20. The summed E-state index contributed by atoms with van der Waals surface area (Å²) in [5, 5.41) is 0.723. The van der Waals surface area contributed by atoms with Gasteiger partial charge in [-0.1, -0.05) is 0 Å². The van der Waals surface area contributed by atoms with Crippen LogP contribution in [0.4, 0.5) is 10.7 Å². The molecule has 0 spiro atoms. The van der Waals surface area contributed by atoms with Crippen LogP contribution in [0.3, 0.4) is 0 Å². The number of nitrogens with two attached hydrogens (primary N) is 2. The van der Waals surface area contributed by atoms with E-state index in [9.17, 15) is 9.59 Å². The summed E-state index contributed by atoms with van der Waals surface area (Å²) >= 11 is 3.13. The number of thioether (sulfide) groups is 1. The van der Waals surface area contributed by atoms with E-state index in [0.717, 1.165) is 29.6 Å². The third-order valence-corrected chi connectivity index (χ3v) is 5.27. The van der Waals surface area contributed by atoms with Gasteiger partial charge in [-0.2, -0.15) is 11.8 Å². The molecule has 0 saturated carbocycles. The van der Waals surface area contributed by atoms with Crippen molar-refractivity contribution in [2.24, 2.45) is 5.73 Å². The van der Waals surface area contributed by atoms with Crippen LogP contribution < -0.4 is 16.4 Å². The molecule has 2 rings (SSSR count). The van der Waals surface area contributed by atoms with Crippen molar-refractivity contribution >= 4 is 45.6 Å². The van der Waals surface area contributed by atoms with E-state index in [1.54, 1.807) is 14.1 Å². The van der Waals surface area contributed by atoms with Crippen molar-refractivity contribution in [3.05, 3.63) is 10.4 Å². The lowest BCUT2D eigenvalue weighted by atomic mass is 10.2. The summed E-state index contributed by atoms with van der Waals surface area (Å²) in [5.41, 5.74) is 11.9. The van der Waals surface area contributed by atoms with Crippen LogP contribution in [-0.4, -0.2) is 55.4 Å². The van der Waals surface area contributed by atoms with Gasteiger partial charge < -0.3 is 21.3 Å². The summed E-state index contributed by atoms with van der Waals surface area (Å²) < 4.78 is 0. The number of carbonyl (C=O) groups is 2. The van der Waals surface area contributed by atoms with Gasteiger partial charge in [0, 0.05) is 38.7 Å². The van der Waals surface area contributed by atoms with Crippen molar-refractivity contribution in [2.45, 2.75) is 0 Å². The monoisotopic (exact) mass is 314 g/mol. The zero-order valence-corrected chi connectivity index (χ0v) is 13.1. The molecule has 1 aliphatic heterocycles. The van der Waals surface area contributed by atoms with Crippen LogP contribution in [0.15, 0.2) is 0 Å². The van der Waals surface area contributed by atoms with Gasteiger partial charge in [0.05, 0.1) is 11.3 Å². The molecule has 0 aromatic carbocycles. The first-order valence-corrected chi connectivity index (χ1v) is 8.17. The Morgan fingerprint density at radius 2 is 1.85 bits per heavy atom. The molecule has 1 saturated heterocycles. The first kappa shape index (κ1) is 15.0. The minimum atomic E-state index is -0.579. The lowest BCUT2D eigenvalue weighted by Gasteiger charge is -2.27. The molecule has 110 valence electrons. The van der Waals surface area contributed by atoms with Gasteiger partial charge in [-0.3, -0.25) is 9.59 Å². The summed E-state index contributed by atoms with van der Waals surface area (Å²) in [6.07, 6.45) is 0. The number of hydrogen-bond acceptors (Lipinski definition) is 6. The first-order chi connectivity index (χ1) is 9.43. The van der Waals surface area contributed by atoms with Gasteiger partial charge in [0.2, 0.25) is 0 Å². The molecule has 0 radical (unpaired) electrons. The molecule has 2 heterocycles. The van der Waals surface area contributed by atoms with E-state index in [2.05, 4.69) is 4.90 Å². The fraction of sp³-hybridized carbons (Fsp3) is 0.500. The lowest BCUT2D eigenvalue weighted by molar-refractivity contribution is 0.0833. The van der Waals surface area contributed by atoms with Crippen LogP contribution in [0, 0.1) is 0 Å². The van der Waals surface area contributed by atoms with E-state index in [1.807, 2.05) is 11.8 Å². The Hall–Kier alpha value is -1.41. The highest BCUT2D eigenvalue weighted by atomic mass is 32.2. The Labute approximate surface area is 126 Å². The van der Waals surface area contributed by atoms with E-state index >= 15 is 0 Å². The SMILES string of the molecule is CN(C)C(=O)c1sc(N2CCSCC2)c(C(N)=O)c1N. The van der Waals surface area contributed by atoms with Gasteiger partial charge in [0.25, 0.3) is 11.8 Å². The Bertz CT molecular complexity index is 536. The minimum absolute atomic E-state index is 0.201. The fourth-order valence-corrected chi connectivity index (χ4v) is 4.22. The maximum atomic E-state index is 12.1. The molecule has 0 aliphatic carbocycles. The van der Waals surface area contributed by atoms with Crippen LogP contribution >= 0.6 is 23.1 Å². The highest BCUT2D eigenvalue weighted by Gasteiger charge is 2.28. The average molecular weight is 314 g/mol. The topological polar surface area (TPSA) is 92.7 Å². The van der Waals surface area contributed by atoms with Gasteiger partial charge >= 0.3 is 0 Å². The van der Waals surface area contributed by atoms with Crippen LogP contribution in [-0.2, 0) is 0 Å². The molecular formula is C12H18N4O2S2. The molecule has 1 aromatic heterocycles. The predicted octanol–water partition coefficient (Wildman–Crippen LogP) is 0.684. The van der Waals surface area contributed by atoms with Gasteiger partial charge in [0.1, 0.15) is 9.88 Å². The maximum absolute atomic E-state index is 12.1. The second-order valence-electron chi connectivity index (χ2n) is 4.69. The molecule has 1 aliphatic rings. The van der Waals surface area contributed by atoms with Crippen molar-refractivity contribution in [1.29, 1.82) is 0 Å². The van der Waals surface area contributed by atoms with Crippen molar-refractivity contribution < 1.29 is 9.59 Å². The van der Waals surface area contributed by atoms with E-state index in [1.165, 1.54) is 16.2 Å². The van der Waals surface area contributed by atoms with E-state index in [0.29, 0.717) is 4.88 Å². The van der Waals surface area contributed by atoms with Crippen LogP contribution in [0.1, 0.15) is 20.0 Å². The summed E-state index contributed by atoms with van der Waals surface area (Å²) in [5.74, 6) is 1.21. The van der Waals surface area contributed by atoms with Gasteiger partial charge in [-0.25, -0.2) is 0 Å². The molecular weight excluding hydrogens is 296 g/mol. The molecule has 1 fully saturated rings. The van der Waals surface area contributed by atoms with E-state index in [4.69, 9.17) is 11.5 Å². The Morgan fingerprint density at radius 3 is 2.35 bits per heavy atom. The number of nitrogen functional groups attached to an aromatic ring is 1. The molecule has 0 bridgehead atoms. The molecule has 4 N–H and O–H groups in total. The zero-order valence-electron chi connectivity index (χ0n) is 11.5. The number of thiophene rings is 1. The molecule has 0 unspecified atom stereocenters. The van der Waals surface area contributed by atoms with Crippen LogP contribution in [0.5, 0.6) is 0 Å². The molecule has 20 heavy (non-hydrogen) atoms. The third-order valence-electron chi connectivity index (χ3n) is 3.07. The van der Waals surface area contributed by atoms with Crippen LogP contribution in [0.25, 0.3) is 0 Å². The molecule has 6 nitrogen and oxygen atoms in total. The number of amides is 2. The van der Waals surface area contributed by atoms with Gasteiger partial charge in [-0.05, 0) is 0 Å². The second-order valence-corrected chi connectivity index (χ2v) is 6.91. The quantitative estimate of drug-likeness (QED) is 0.856. The van der Waals surface area contributed by atoms with Gasteiger partial charge in [0.15, 0.2) is 0 Å². The smallest absolute Gasteiger partial charge is 0.265 e. The number of primary amides is 1. The number of rotatable bonds is 3. The van der Waals surface area contributed by atoms with E-state index < -0.39 is 5.91 Å². The number of hydrogen-bond donors (Lipinski definition) is 2. The largest absolute Gasteiger partial charge is 0.397 e. The van der Waals surface area contributed by atoms with Gasteiger partial charge in [-0.15, -0.1) is 11.3 Å². The Kier molecular flexibility index (Phi) is 4.44. The number of anilines is 2. The molecule has 0 atom stereocenters. The molecule has 2 amide bonds.